The van der Waals surface area contributed by atoms with Crippen LogP contribution in [0.25, 0.3) is 10.6 Å². The maximum atomic E-state index is 12.8. The van der Waals surface area contributed by atoms with Gasteiger partial charge in [-0.25, -0.2) is 4.98 Å². The fourth-order valence-electron chi connectivity index (χ4n) is 2.63. The number of nitrogens with one attached hydrogen (secondary N) is 2. The van der Waals surface area contributed by atoms with E-state index in [0.29, 0.717) is 27.0 Å². The van der Waals surface area contributed by atoms with Gasteiger partial charge in [0.05, 0.1) is 5.69 Å². The number of carbonyl (C=O) groups excluding carboxylic acids is 2. The fourth-order valence-corrected chi connectivity index (χ4v) is 3.78. The first-order chi connectivity index (χ1) is 12.8. The smallest absolute Gasteiger partial charge is 0.267 e. The third-order valence-corrected chi connectivity index (χ3v) is 5.41. The van der Waals surface area contributed by atoms with Crippen molar-refractivity contribution in [3.63, 3.8) is 0 Å². The largest absolute Gasteiger partial charge is 0.326 e. The van der Waals surface area contributed by atoms with Gasteiger partial charge in [-0.15, -0.1) is 11.3 Å². The molecule has 0 unspecified atom stereocenters. The Kier molecular flexibility index (Phi) is 5.58. The molecule has 0 bridgehead atoms. The van der Waals surface area contributed by atoms with E-state index >= 15 is 0 Å². The van der Waals surface area contributed by atoms with Crippen molar-refractivity contribution in [1.82, 2.24) is 4.98 Å². The molecule has 2 amide bonds. The van der Waals surface area contributed by atoms with Gasteiger partial charge in [-0.2, -0.15) is 0 Å². The molecular weight excluding hydrogens is 382 g/mol. The highest BCUT2D eigenvalue weighted by Gasteiger charge is 2.18. The number of halogens is 1. The van der Waals surface area contributed by atoms with E-state index in [1.54, 1.807) is 31.2 Å². The van der Waals surface area contributed by atoms with Gasteiger partial charge < -0.3 is 10.6 Å². The lowest BCUT2D eigenvalue weighted by Gasteiger charge is -2.12. The van der Waals surface area contributed by atoms with Crippen LogP contribution in [0.4, 0.5) is 11.4 Å². The number of hydrogen-bond donors (Lipinski definition) is 2. The maximum absolute atomic E-state index is 12.8. The van der Waals surface area contributed by atoms with Crippen LogP contribution < -0.4 is 10.6 Å². The molecule has 138 valence electrons. The van der Waals surface area contributed by atoms with Gasteiger partial charge in [-0.1, -0.05) is 29.8 Å². The number of carbonyl (C=O) groups is 2. The monoisotopic (exact) mass is 399 g/mol. The number of aromatic nitrogens is 1. The summed E-state index contributed by atoms with van der Waals surface area (Å²) in [5, 5.41) is 7.03. The van der Waals surface area contributed by atoms with Crippen LogP contribution in [-0.2, 0) is 4.79 Å². The predicted molar refractivity (Wildman–Crippen MR) is 111 cm³/mol. The number of hydrogen-bond acceptors (Lipinski definition) is 4. The van der Waals surface area contributed by atoms with Gasteiger partial charge >= 0.3 is 0 Å². The highest BCUT2D eigenvalue weighted by molar-refractivity contribution is 7.17. The molecule has 2 aromatic carbocycles. The van der Waals surface area contributed by atoms with E-state index in [1.807, 2.05) is 25.1 Å². The van der Waals surface area contributed by atoms with Crippen LogP contribution in [-0.4, -0.2) is 16.8 Å². The molecule has 7 heteroatoms. The number of amides is 2. The highest BCUT2D eigenvalue weighted by Crippen LogP contribution is 2.31. The number of anilines is 2. The minimum atomic E-state index is -0.235. The summed E-state index contributed by atoms with van der Waals surface area (Å²) in [6.07, 6.45) is 0. The summed E-state index contributed by atoms with van der Waals surface area (Å²) < 4.78 is 0. The minimum absolute atomic E-state index is 0.161. The summed E-state index contributed by atoms with van der Waals surface area (Å²) in [5.74, 6) is -0.396. The second kappa shape index (κ2) is 7.90. The molecule has 0 saturated heterocycles. The van der Waals surface area contributed by atoms with E-state index in [9.17, 15) is 9.59 Å². The first-order valence-corrected chi connectivity index (χ1v) is 9.46. The van der Waals surface area contributed by atoms with E-state index in [2.05, 4.69) is 15.6 Å². The van der Waals surface area contributed by atoms with Gasteiger partial charge in [-0.05, 0) is 43.7 Å². The minimum Gasteiger partial charge on any atom is -0.326 e. The Morgan fingerprint density at radius 3 is 2.37 bits per heavy atom. The third kappa shape index (κ3) is 4.35. The van der Waals surface area contributed by atoms with Crippen molar-refractivity contribution in [2.75, 3.05) is 10.6 Å². The summed E-state index contributed by atoms with van der Waals surface area (Å²) in [6.45, 7) is 5.10. The van der Waals surface area contributed by atoms with Crippen molar-refractivity contribution in [2.45, 2.75) is 20.8 Å². The van der Waals surface area contributed by atoms with Gasteiger partial charge in [0.25, 0.3) is 5.91 Å². The summed E-state index contributed by atoms with van der Waals surface area (Å²) in [7, 11) is 0. The highest BCUT2D eigenvalue weighted by atomic mass is 35.5. The van der Waals surface area contributed by atoms with Crippen LogP contribution in [0.5, 0.6) is 0 Å². The zero-order chi connectivity index (χ0) is 19.6. The molecule has 0 aliphatic carbocycles. The van der Waals surface area contributed by atoms with Crippen LogP contribution in [0.3, 0.4) is 0 Å². The maximum Gasteiger partial charge on any atom is 0.267 e. The quantitative estimate of drug-likeness (QED) is 0.626. The van der Waals surface area contributed by atoms with E-state index in [1.165, 1.54) is 18.3 Å². The molecule has 1 aromatic heterocycles. The lowest BCUT2D eigenvalue weighted by molar-refractivity contribution is -0.114. The number of rotatable bonds is 4. The first-order valence-electron chi connectivity index (χ1n) is 8.27. The van der Waals surface area contributed by atoms with Crippen molar-refractivity contribution >= 4 is 46.1 Å². The molecule has 5 nitrogen and oxygen atoms in total. The van der Waals surface area contributed by atoms with Gasteiger partial charge in [0.2, 0.25) is 5.91 Å². The van der Waals surface area contributed by atoms with E-state index in [-0.39, 0.29) is 11.8 Å². The van der Waals surface area contributed by atoms with E-state index < -0.39 is 0 Å². The Morgan fingerprint density at radius 2 is 1.70 bits per heavy atom. The molecule has 3 rings (SSSR count). The Morgan fingerprint density at radius 1 is 1.04 bits per heavy atom. The number of aryl methyl sites for hydroxylation is 1. The second-order valence-corrected chi connectivity index (χ2v) is 7.49. The second-order valence-electron chi connectivity index (χ2n) is 6.06. The summed E-state index contributed by atoms with van der Waals surface area (Å²) in [6, 6.07) is 12.8. The van der Waals surface area contributed by atoms with Crippen LogP contribution >= 0.6 is 22.9 Å². The van der Waals surface area contributed by atoms with Gasteiger partial charge in [0.1, 0.15) is 9.88 Å². The Bertz CT molecular complexity index is 1030. The molecule has 1 heterocycles. The Labute approximate surface area is 166 Å². The third-order valence-electron chi connectivity index (χ3n) is 3.97. The van der Waals surface area contributed by atoms with Gasteiger partial charge in [-0.3, -0.25) is 9.59 Å². The van der Waals surface area contributed by atoms with Gasteiger partial charge in [0, 0.05) is 28.9 Å². The summed E-state index contributed by atoms with van der Waals surface area (Å²) >= 11 is 7.36. The molecule has 0 atom stereocenters. The molecule has 27 heavy (non-hydrogen) atoms. The molecule has 0 radical (unpaired) electrons. The summed E-state index contributed by atoms with van der Waals surface area (Å²) in [4.78, 5) is 29.1. The van der Waals surface area contributed by atoms with Crippen molar-refractivity contribution < 1.29 is 9.59 Å². The fraction of sp³-hybridized carbons (Fsp3) is 0.150. The van der Waals surface area contributed by atoms with Crippen LogP contribution in [0.15, 0.2) is 42.5 Å². The van der Waals surface area contributed by atoms with Crippen molar-refractivity contribution in [2.24, 2.45) is 0 Å². The standard InChI is InChI=1S/C20H18ClN3O2S/c1-11-16(23-13(3)25)8-5-9-17(11)24-19(26)18-12(2)22-20(27-18)14-6-4-7-15(21)10-14/h4-10H,1-3H3,(H,23,25)(H,24,26). The first kappa shape index (κ1) is 19.1. The van der Waals surface area contributed by atoms with E-state index in [0.717, 1.165) is 16.1 Å². The zero-order valence-electron chi connectivity index (χ0n) is 15.1. The normalized spacial score (nSPS) is 10.5. The lowest BCUT2D eigenvalue weighted by atomic mass is 10.1. The van der Waals surface area contributed by atoms with Crippen molar-refractivity contribution in [3.8, 4) is 10.6 Å². The van der Waals surface area contributed by atoms with Crippen LogP contribution in [0, 0.1) is 13.8 Å². The molecule has 0 spiro atoms. The number of nitrogens with zero attached hydrogens (tertiary/aromatic N) is 1. The zero-order valence-corrected chi connectivity index (χ0v) is 16.7. The molecular formula is C20H18ClN3O2S. The summed E-state index contributed by atoms with van der Waals surface area (Å²) in [5.41, 5.74) is 3.63. The predicted octanol–water partition coefficient (Wildman–Crippen LogP) is 5.29. The number of thiazole rings is 1. The molecule has 0 saturated carbocycles. The molecule has 0 aliphatic heterocycles. The molecule has 3 aromatic rings. The van der Waals surface area contributed by atoms with Crippen molar-refractivity contribution in [3.05, 3.63) is 63.6 Å². The molecule has 0 aliphatic rings. The van der Waals surface area contributed by atoms with E-state index in [4.69, 9.17) is 11.6 Å². The van der Waals surface area contributed by atoms with Crippen LogP contribution in [0.1, 0.15) is 27.9 Å². The van der Waals surface area contributed by atoms with Crippen LogP contribution in [0.2, 0.25) is 5.02 Å². The Hall–Kier alpha value is -2.70. The molecule has 2 N–H and O–H groups in total. The SMILES string of the molecule is CC(=O)Nc1cccc(NC(=O)c2sc(-c3cccc(Cl)c3)nc2C)c1C. The average Bonchev–Trinajstić information content (AvgIpc) is 3.00. The Balaban J connectivity index is 1.86. The average molecular weight is 400 g/mol. The molecule has 0 fully saturated rings. The number of benzene rings is 2. The van der Waals surface area contributed by atoms with Gasteiger partial charge in [0.15, 0.2) is 0 Å². The lowest BCUT2D eigenvalue weighted by Crippen LogP contribution is -2.14. The van der Waals surface area contributed by atoms with Crippen molar-refractivity contribution in [1.29, 1.82) is 0 Å². The topological polar surface area (TPSA) is 71.1 Å².